The molecular weight excluding hydrogens is 590 g/mol. The molecule has 46 heavy (non-hydrogen) atoms. The molecule has 1 N–H and O–H groups in total. The van der Waals surface area contributed by atoms with E-state index in [1.165, 1.54) is 51.4 Å². The highest BCUT2D eigenvalue weighted by atomic mass is 16.6. The van der Waals surface area contributed by atoms with Gasteiger partial charge in [0.2, 0.25) is 0 Å². The van der Waals surface area contributed by atoms with Crippen LogP contribution in [-0.4, -0.2) is 35.5 Å². The van der Waals surface area contributed by atoms with Crippen molar-refractivity contribution in [3.8, 4) is 0 Å². The Kier molecular flexibility index (Phi) is 17.0. The molecule has 0 saturated carbocycles. The lowest BCUT2D eigenvalue weighted by molar-refractivity contribution is -0.395. The second-order valence-corrected chi connectivity index (χ2v) is 12.1. The lowest BCUT2D eigenvalue weighted by atomic mass is 9.74. The van der Waals surface area contributed by atoms with Crippen LogP contribution in [0.4, 0.5) is 11.4 Å². The van der Waals surface area contributed by atoms with Gasteiger partial charge in [-0.3, -0.25) is 25.0 Å². The number of esters is 1. The zero-order valence-electron chi connectivity index (χ0n) is 28.4. The molecule has 1 aliphatic rings. The number of nitro groups is 2. The number of nitro benzene ring substituents is 2. The van der Waals surface area contributed by atoms with Gasteiger partial charge in [-0.1, -0.05) is 84.0 Å². The minimum atomic E-state index is -0.855. The Morgan fingerprint density at radius 1 is 0.826 bits per heavy atom. The summed E-state index contributed by atoms with van der Waals surface area (Å²) in [5.74, 6) is -1.47. The van der Waals surface area contributed by atoms with Crippen LogP contribution in [-0.2, 0) is 25.5 Å². The highest BCUT2D eigenvalue weighted by Gasteiger charge is 2.40. The van der Waals surface area contributed by atoms with E-state index in [0.717, 1.165) is 31.7 Å². The van der Waals surface area contributed by atoms with Crippen LogP contribution in [0.5, 0.6) is 0 Å². The average molecular weight is 644 g/mol. The highest BCUT2D eigenvalue weighted by Crippen LogP contribution is 2.47. The molecule has 0 fully saturated rings. The standard InChI is InChI=1S/C35H53N3O8/c1-6-8-9-10-11-12-13-14-15-16-17-18-19-20-29-31(38(43)44)23-30(37(41)42)25(3)32(29)34-28(21-22-45-24-39)26(4)36-27(5)33(34)35(40)46-7-2/h23-24,34,36H,6-22H2,1-5H3. The van der Waals surface area contributed by atoms with E-state index < -0.39 is 21.7 Å². The first-order valence-corrected chi connectivity index (χ1v) is 16.9. The molecule has 0 spiro atoms. The van der Waals surface area contributed by atoms with Crippen LogP contribution in [0.25, 0.3) is 0 Å². The second kappa shape index (κ2) is 20.4. The number of benzene rings is 1. The molecule has 256 valence electrons. The number of dihydropyridines is 1. The molecule has 0 radical (unpaired) electrons. The molecule has 0 aromatic heterocycles. The quantitative estimate of drug-likeness (QED) is 0.0405. The predicted molar refractivity (Wildman–Crippen MR) is 178 cm³/mol. The number of nitrogens with zero attached hydrogens (tertiary/aromatic N) is 2. The maximum absolute atomic E-state index is 13.4. The molecular formula is C35H53N3O8. The molecule has 0 amide bonds. The summed E-state index contributed by atoms with van der Waals surface area (Å²) in [5, 5.41) is 27.8. The minimum Gasteiger partial charge on any atom is -0.468 e. The van der Waals surface area contributed by atoms with Crippen molar-refractivity contribution in [2.75, 3.05) is 13.2 Å². The summed E-state index contributed by atoms with van der Waals surface area (Å²) in [6.07, 6.45) is 15.6. The zero-order valence-corrected chi connectivity index (χ0v) is 28.4. The average Bonchev–Trinajstić information content (AvgIpc) is 3.00. The van der Waals surface area contributed by atoms with Gasteiger partial charge in [-0.05, 0) is 51.7 Å². The van der Waals surface area contributed by atoms with Crippen molar-refractivity contribution in [1.82, 2.24) is 5.32 Å². The van der Waals surface area contributed by atoms with Gasteiger partial charge in [0.25, 0.3) is 17.8 Å². The number of carbonyl (C=O) groups is 2. The summed E-state index contributed by atoms with van der Waals surface area (Å²) in [6.45, 7) is 9.46. The Balaban J connectivity index is 2.40. The Morgan fingerprint density at radius 2 is 1.37 bits per heavy atom. The van der Waals surface area contributed by atoms with E-state index in [2.05, 4.69) is 12.2 Å². The van der Waals surface area contributed by atoms with Gasteiger partial charge in [0, 0.05) is 34.9 Å². The van der Waals surface area contributed by atoms with E-state index in [-0.39, 0.29) is 42.1 Å². The van der Waals surface area contributed by atoms with E-state index in [0.29, 0.717) is 47.4 Å². The van der Waals surface area contributed by atoms with E-state index >= 15 is 0 Å². The maximum atomic E-state index is 13.4. The van der Waals surface area contributed by atoms with Crippen molar-refractivity contribution >= 4 is 23.8 Å². The molecule has 0 bridgehead atoms. The van der Waals surface area contributed by atoms with Crippen molar-refractivity contribution in [2.45, 2.75) is 137 Å². The Hall–Kier alpha value is -3.76. The van der Waals surface area contributed by atoms with Gasteiger partial charge < -0.3 is 14.8 Å². The Morgan fingerprint density at radius 3 is 1.87 bits per heavy atom. The highest BCUT2D eigenvalue weighted by molar-refractivity contribution is 5.93. The van der Waals surface area contributed by atoms with Crippen molar-refractivity contribution in [2.24, 2.45) is 0 Å². The van der Waals surface area contributed by atoms with Gasteiger partial charge in [-0.15, -0.1) is 0 Å². The van der Waals surface area contributed by atoms with Crippen molar-refractivity contribution in [1.29, 1.82) is 0 Å². The molecule has 1 unspecified atom stereocenters. The third-order valence-electron chi connectivity index (χ3n) is 8.86. The lowest BCUT2D eigenvalue weighted by Gasteiger charge is -2.33. The van der Waals surface area contributed by atoms with Gasteiger partial charge >= 0.3 is 5.97 Å². The summed E-state index contributed by atoms with van der Waals surface area (Å²) in [5.41, 5.74) is 2.40. The summed E-state index contributed by atoms with van der Waals surface area (Å²) in [6, 6.07) is 1.05. The molecule has 11 nitrogen and oxygen atoms in total. The number of nitrogens with one attached hydrogen (secondary N) is 1. The lowest BCUT2D eigenvalue weighted by Crippen LogP contribution is -2.30. The van der Waals surface area contributed by atoms with Gasteiger partial charge in [-0.2, -0.15) is 0 Å². The van der Waals surface area contributed by atoms with Gasteiger partial charge in [0.05, 0.1) is 34.7 Å². The van der Waals surface area contributed by atoms with Crippen molar-refractivity contribution < 1.29 is 28.9 Å². The number of hydrogen-bond donors (Lipinski definition) is 1. The zero-order chi connectivity index (χ0) is 34.1. The van der Waals surface area contributed by atoms with Crippen LogP contribution in [0.3, 0.4) is 0 Å². The molecule has 0 aliphatic carbocycles. The van der Waals surface area contributed by atoms with E-state index in [1.54, 1.807) is 20.8 Å². The fourth-order valence-electron chi connectivity index (χ4n) is 6.54. The predicted octanol–water partition coefficient (Wildman–Crippen LogP) is 8.81. The number of carbonyl (C=O) groups excluding carboxylic acids is 2. The first-order chi connectivity index (χ1) is 22.1. The van der Waals surface area contributed by atoms with Crippen LogP contribution in [0.15, 0.2) is 28.6 Å². The van der Waals surface area contributed by atoms with Crippen LogP contribution in [0.1, 0.15) is 140 Å². The molecule has 1 aromatic carbocycles. The van der Waals surface area contributed by atoms with Crippen molar-refractivity contribution in [3.63, 3.8) is 0 Å². The van der Waals surface area contributed by atoms with Gasteiger partial charge in [0.15, 0.2) is 0 Å². The monoisotopic (exact) mass is 643 g/mol. The molecule has 2 rings (SSSR count). The topological polar surface area (TPSA) is 151 Å². The van der Waals surface area contributed by atoms with E-state index in [4.69, 9.17) is 9.47 Å². The smallest absolute Gasteiger partial charge is 0.336 e. The number of rotatable bonds is 23. The van der Waals surface area contributed by atoms with Crippen molar-refractivity contribution in [3.05, 3.63) is 65.5 Å². The maximum Gasteiger partial charge on any atom is 0.336 e. The van der Waals surface area contributed by atoms with Crippen LogP contribution in [0.2, 0.25) is 0 Å². The Bertz CT molecular complexity index is 1270. The molecule has 11 heteroatoms. The number of ether oxygens (including phenoxy) is 2. The first-order valence-electron chi connectivity index (χ1n) is 16.9. The summed E-state index contributed by atoms with van der Waals surface area (Å²) in [4.78, 5) is 47.8. The number of allylic oxidation sites excluding steroid dienone is 2. The summed E-state index contributed by atoms with van der Waals surface area (Å²) in [7, 11) is 0. The first kappa shape index (κ1) is 38.4. The molecule has 1 atom stereocenters. The fraction of sp³-hybridized carbons (Fsp3) is 0.657. The largest absolute Gasteiger partial charge is 0.468 e. The van der Waals surface area contributed by atoms with Crippen LogP contribution in [0, 0.1) is 27.2 Å². The number of hydrogen-bond acceptors (Lipinski definition) is 9. The van der Waals surface area contributed by atoms with E-state index in [9.17, 15) is 29.8 Å². The van der Waals surface area contributed by atoms with Crippen LogP contribution >= 0.6 is 0 Å². The minimum absolute atomic E-state index is 0.00770. The molecule has 1 aliphatic heterocycles. The molecule has 1 heterocycles. The SMILES string of the molecule is CCCCCCCCCCCCCCCc1c([N+](=O)[O-])cc([N+](=O)[O-])c(C)c1C1C(CCOC=O)=C(C)NC(C)=C1C(=O)OCC. The third kappa shape index (κ3) is 10.9. The van der Waals surface area contributed by atoms with Crippen LogP contribution < -0.4 is 5.32 Å². The Labute approximate surface area is 273 Å². The van der Waals surface area contributed by atoms with Gasteiger partial charge in [0.1, 0.15) is 0 Å². The van der Waals surface area contributed by atoms with Gasteiger partial charge in [-0.25, -0.2) is 4.79 Å². The summed E-state index contributed by atoms with van der Waals surface area (Å²) >= 11 is 0. The fourth-order valence-corrected chi connectivity index (χ4v) is 6.54. The third-order valence-corrected chi connectivity index (χ3v) is 8.86. The molecule has 1 aromatic rings. The van der Waals surface area contributed by atoms with E-state index in [1.807, 2.05) is 6.92 Å². The normalized spacial score (nSPS) is 14.7. The molecule has 0 saturated heterocycles. The summed E-state index contributed by atoms with van der Waals surface area (Å²) < 4.78 is 10.4. The number of unbranched alkanes of at least 4 members (excludes halogenated alkanes) is 12. The second-order valence-electron chi connectivity index (χ2n) is 12.1.